The van der Waals surface area contributed by atoms with Crippen LogP contribution < -0.4 is 0 Å². The molecule has 3 N–H and O–H groups in total. The molecule has 0 spiro atoms. The molecule has 2 unspecified atom stereocenters. The molecule has 19 heteroatoms. The number of hydrogen-bond donors (Lipinski definition) is 3. The van der Waals surface area contributed by atoms with Crippen LogP contribution in [0.2, 0.25) is 0 Å². The van der Waals surface area contributed by atoms with Gasteiger partial charge in [0.1, 0.15) is 19.3 Å². The van der Waals surface area contributed by atoms with Crippen LogP contribution in [-0.2, 0) is 65.4 Å². The van der Waals surface area contributed by atoms with Crippen LogP contribution in [0.5, 0.6) is 0 Å². The Morgan fingerprint density at radius 3 is 0.687 bits per heavy atom. The second kappa shape index (κ2) is 73.0. The van der Waals surface area contributed by atoms with E-state index in [0.29, 0.717) is 25.7 Å². The Labute approximate surface area is 607 Å². The summed E-state index contributed by atoms with van der Waals surface area (Å²) in [6.45, 7) is 7.34. The Morgan fingerprint density at radius 2 is 0.465 bits per heavy atom. The molecule has 0 heterocycles. The van der Waals surface area contributed by atoms with Crippen LogP contribution >= 0.6 is 15.6 Å². The number of rotatable bonds is 80. The Hall–Kier alpha value is -1.94. The van der Waals surface area contributed by atoms with Crippen LogP contribution in [0.25, 0.3) is 0 Å². The number of phosphoric acid groups is 2. The van der Waals surface area contributed by atoms with Gasteiger partial charge >= 0.3 is 39.5 Å². The molecular formula is C80H156O17P2. The molecule has 0 saturated heterocycles. The van der Waals surface area contributed by atoms with Crippen molar-refractivity contribution in [3.05, 3.63) is 0 Å². The quantitative estimate of drug-likeness (QED) is 0.0222. The van der Waals surface area contributed by atoms with Crippen molar-refractivity contribution in [3.8, 4) is 0 Å². The molecule has 0 radical (unpaired) electrons. The average Bonchev–Trinajstić information content (AvgIpc) is 1.08. The molecule has 5 atom stereocenters. The highest BCUT2D eigenvalue weighted by atomic mass is 31.2. The molecular weight excluding hydrogens is 1290 g/mol. The van der Waals surface area contributed by atoms with E-state index in [1.807, 2.05) is 0 Å². The van der Waals surface area contributed by atoms with E-state index >= 15 is 0 Å². The zero-order valence-corrected chi connectivity index (χ0v) is 66.4. The summed E-state index contributed by atoms with van der Waals surface area (Å²) in [5.74, 6) is -1.32. The van der Waals surface area contributed by atoms with Crippen LogP contribution in [0.15, 0.2) is 0 Å². The highest BCUT2D eigenvalue weighted by Gasteiger charge is 2.30. The van der Waals surface area contributed by atoms with Crippen LogP contribution in [-0.4, -0.2) is 96.7 Å². The van der Waals surface area contributed by atoms with Gasteiger partial charge in [0.15, 0.2) is 12.2 Å². The van der Waals surface area contributed by atoms with Gasteiger partial charge in [-0.1, -0.05) is 375 Å². The molecule has 588 valence electrons. The number of aliphatic hydroxyl groups is 1. The summed E-state index contributed by atoms with van der Waals surface area (Å²) in [5, 5.41) is 10.6. The van der Waals surface area contributed by atoms with E-state index in [1.54, 1.807) is 0 Å². The van der Waals surface area contributed by atoms with Gasteiger partial charge in [-0.3, -0.25) is 37.3 Å². The summed E-state index contributed by atoms with van der Waals surface area (Å²) in [6.07, 6.45) is 63.7. The van der Waals surface area contributed by atoms with E-state index in [4.69, 9.17) is 37.0 Å². The minimum atomic E-state index is -4.96. The number of phosphoric ester groups is 2. The predicted octanol–water partition coefficient (Wildman–Crippen LogP) is 24.0. The van der Waals surface area contributed by atoms with Crippen molar-refractivity contribution >= 4 is 39.5 Å². The Bertz CT molecular complexity index is 1890. The number of aliphatic hydroxyl groups excluding tert-OH is 1. The van der Waals surface area contributed by atoms with E-state index in [9.17, 15) is 43.2 Å². The zero-order chi connectivity index (χ0) is 72.7. The van der Waals surface area contributed by atoms with Gasteiger partial charge in [-0.25, -0.2) is 9.13 Å². The first-order valence-electron chi connectivity index (χ1n) is 41.6. The molecule has 0 aromatic carbocycles. The molecule has 0 bridgehead atoms. The fourth-order valence-corrected chi connectivity index (χ4v) is 14.0. The fourth-order valence-electron chi connectivity index (χ4n) is 12.4. The van der Waals surface area contributed by atoms with Gasteiger partial charge in [0.25, 0.3) is 0 Å². The molecule has 0 fully saturated rings. The maximum Gasteiger partial charge on any atom is 0.472 e. The second-order valence-corrected chi connectivity index (χ2v) is 32.2. The third kappa shape index (κ3) is 74.1. The molecule has 0 rings (SSSR count). The van der Waals surface area contributed by atoms with Gasteiger partial charge in [-0.05, 0) is 31.6 Å². The average molecular weight is 1450 g/mol. The van der Waals surface area contributed by atoms with Crippen LogP contribution in [0.4, 0.5) is 0 Å². The molecule has 0 amide bonds. The standard InChI is InChI=1S/C80H156O17P2/c1-6-9-12-15-18-21-24-26-27-28-29-30-31-32-34-41-46-51-56-61-66-80(85)97-76(70-91-78(83)64-59-54-49-44-39-36-35-38-42-47-52-57-62-73(4)5)72-95-99(88,89)93-68-74(81)67-92-98(86,87)94-71-75(69-90-77(82)63-58-53-48-43-37-23-20-17-14-11-8-3)96-79(84)65-60-55-50-45-40-33-25-22-19-16-13-10-7-2/h73-76,81H,6-72H2,1-5H3,(H,86,87)(H,88,89)/t74-,75+,76+/m0/s1. The number of esters is 4. The van der Waals surface area contributed by atoms with Gasteiger partial charge in [0.2, 0.25) is 0 Å². The SMILES string of the molecule is CCCCCCCCCCCCCCCCCCCCCCC(=O)O[C@H](COC(=O)CCCCCCCCCCCCCCC(C)C)COP(=O)(O)OC[C@@H](O)COP(=O)(O)OC[C@@H](COC(=O)CCCCCCCCCCCCC)OC(=O)CCCCCCCCCCCCCCC. The summed E-state index contributed by atoms with van der Waals surface area (Å²) in [7, 11) is -9.92. The van der Waals surface area contributed by atoms with Gasteiger partial charge in [-0.15, -0.1) is 0 Å². The number of carbonyl (C=O) groups is 4. The molecule has 0 saturated carbocycles. The molecule has 0 aliphatic carbocycles. The highest BCUT2D eigenvalue weighted by Crippen LogP contribution is 2.45. The van der Waals surface area contributed by atoms with Gasteiger partial charge in [0.05, 0.1) is 26.4 Å². The Morgan fingerprint density at radius 1 is 0.273 bits per heavy atom. The Balaban J connectivity index is 5.23. The molecule has 0 aliphatic rings. The normalized spacial score (nSPS) is 13.9. The molecule has 0 aromatic heterocycles. The van der Waals surface area contributed by atoms with Crippen molar-refractivity contribution in [3.63, 3.8) is 0 Å². The number of unbranched alkanes of at least 4 members (excludes halogenated alkanes) is 52. The van der Waals surface area contributed by atoms with Crippen molar-refractivity contribution in [2.24, 2.45) is 5.92 Å². The predicted molar refractivity (Wildman–Crippen MR) is 405 cm³/mol. The summed E-state index contributed by atoms with van der Waals surface area (Å²) >= 11 is 0. The van der Waals surface area contributed by atoms with Gasteiger partial charge < -0.3 is 33.8 Å². The summed E-state index contributed by atoms with van der Waals surface area (Å²) in [6, 6.07) is 0. The first-order chi connectivity index (χ1) is 48.0. The first kappa shape index (κ1) is 97.1. The summed E-state index contributed by atoms with van der Waals surface area (Å²) in [4.78, 5) is 73.0. The van der Waals surface area contributed by atoms with Crippen molar-refractivity contribution in [2.45, 2.75) is 445 Å². The maximum atomic E-state index is 13.1. The summed E-state index contributed by atoms with van der Waals surface area (Å²) < 4.78 is 68.7. The third-order valence-electron chi connectivity index (χ3n) is 18.8. The van der Waals surface area contributed by atoms with Crippen molar-refractivity contribution < 1.29 is 80.2 Å². The molecule has 99 heavy (non-hydrogen) atoms. The topological polar surface area (TPSA) is 237 Å². The third-order valence-corrected chi connectivity index (χ3v) is 20.7. The van der Waals surface area contributed by atoms with Crippen molar-refractivity contribution in [1.82, 2.24) is 0 Å². The first-order valence-corrected chi connectivity index (χ1v) is 44.6. The molecule has 0 aromatic rings. The van der Waals surface area contributed by atoms with E-state index < -0.39 is 97.5 Å². The lowest BCUT2D eigenvalue weighted by atomic mass is 10.0. The highest BCUT2D eigenvalue weighted by molar-refractivity contribution is 7.47. The lowest BCUT2D eigenvalue weighted by Gasteiger charge is -2.21. The second-order valence-electron chi connectivity index (χ2n) is 29.3. The van der Waals surface area contributed by atoms with Crippen LogP contribution in [0.3, 0.4) is 0 Å². The zero-order valence-electron chi connectivity index (χ0n) is 64.6. The lowest BCUT2D eigenvalue weighted by Crippen LogP contribution is -2.30. The Kier molecular flexibility index (Phi) is 71.6. The molecule has 0 aliphatic heterocycles. The van der Waals surface area contributed by atoms with Gasteiger partial charge in [-0.2, -0.15) is 0 Å². The monoisotopic (exact) mass is 1450 g/mol. The smallest absolute Gasteiger partial charge is 0.462 e. The maximum absolute atomic E-state index is 13.1. The van der Waals surface area contributed by atoms with E-state index in [0.717, 1.165) is 95.8 Å². The molecule has 17 nitrogen and oxygen atoms in total. The summed E-state index contributed by atoms with van der Waals surface area (Å²) in [5.41, 5.74) is 0. The fraction of sp³-hybridized carbons (Fsp3) is 0.950. The minimum Gasteiger partial charge on any atom is -0.462 e. The number of ether oxygens (including phenoxy) is 4. The van der Waals surface area contributed by atoms with Crippen LogP contribution in [0.1, 0.15) is 426 Å². The van der Waals surface area contributed by atoms with E-state index in [2.05, 4.69) is 34.6 Å². The number of carbonyl (C=O) groups excluding carboxylic acids is 4. The van der Waals surface area contributed by atoms with Gasteiger partial charge in [0, 0.05) is 25.7 Å². The van der Waals surface area contributed by atoms with Crippen molar-refractivity contribution in [2.75, 3.05) is 39.6 Å². The van der Waals surface area contributed by atoms with Crippen LogP contribution in [0, 0.1) is 5.92 Å². The largest absolute Gasteiger partial charge is 0.472 e. The minimum absolute atomic E-state index is 0.108. The van der Waals surface area contributed by atoms with Crippen molar-refractivity contribution in [1.29, 1.82) is 0 Å². The van der Waals surface area contributed by atoms with E-state index in [1.165, 1.54) is 250 Å². The number of hydrogen-bond acceptors (Lipinski definition) is 15. The lowest BCUT2D eigenvalue weighted by molar-refractivity contribution is -0.161. The van der Waals surface area contributed by atoms with E-state index in [-0.39, 0.29) is 25.7 Å².